The summed E-state index contributed by atoms with van der Waals surface area (Å²) < 4.78 is 5.48. The van der Waals surface area contributed by atoms with Gasteiger partial charge in [0.25, 0.3) is 0 Å². The lowest BCUT2D eigenvalue weighted by Gasteiger charge is -2.40. The van der Waals surface area contributed by atoms with Crippen molar-refractivity contribution < 1.29 is 9.53 Å². The molecule has 0 N–H and O–H groups in total. The molecule has 1 aliphatic rings. The van der Waals surface area contributed by atoms with Crippen molar-refractivity contribution in [3.63, 3.8) is 0 Å². The zero-order chi connectivity index (χ0) is 13.9. The number of rotatable bonds is 4. The highest BCUT2D eigenvalue weighted by Crippen LogP contribution is 2.38. The van der Waals surface area contributed by atoms with Crippen molar-refractivity contribution in [3.8, 4) is 6.07 Å². The molecule has 0 aliphatic heterocycles. The predicted molar refractivity (Wildman–Crippen MR) is 72.8 cm³/mol. The number of hydrogen-bond acceptors (Lipinski definition) is 3. The van der Waals surface area contributed by atoms with Crippen LogP contribution in [0.25, 0.3) is 0 Å². The van der Waals surface area contributed by atoms with E-state index in [1.165, 1.54) is 0 Å². The summed E-state index contributed by atoms with van der Waals surface area (Å²) in [6.07, 6.45) is 3.41. The average Bonchev–Trinajstić information content (AvgIpc) is 2.41. The topological polar surface area (TPSA) is 53.3 Å². The Bertz CT molecular complexity index is 510. The molecule has 0 saturated heterocycles. The van der Waals surface area contributed by atoms with Gasteiger partial charge in [-0.2, -0.15) is 5.26 Å². The van der Waals surface area contributed by atoms with E-state index < -0.39 is 0 Å². The first-order valence-electron chi connectivity index (χ1n) is 6.42. The highest BCUT2D eigenvalue weighted by molar-refractivity contribution is 5.93. The molecule has 1 aromatic rings. The number of hydrogen-bond donors (Lipinski definition) is 0. The number of amides is 1. The maximum atomic E-state index is 12.3. The number of nitriles is 1. The van der Waals surface area contributed by atoms with E-state index in [2.05, 4.69) is 6.07 Å². The number of nitrogens with zero attached hydrogens (tertiary/aromatic N) is 2. The lowest BCUT2D eigenvalue weighted by Crippen LogP contribution is -2.44. The zero-order valence-electron chi connectivity index (χ0n) is 11.3. The van der Waals surface area contributed by atoms with Gasteiger partial charge in [0, 0.05) is 19.8 Å². The van der Waals surface area contributed by atoms with E-state index in [4.69, 9.17) is 10.00 Å². The van der Waals surface area contributed by atoms with E-state index in [0.717, 1.165) is 24.9 Å². The van der Waals surface area contributed by atoms with Crippen LogP contribution in [-0.4, -0.2) is 25.7 Å². The summed E-state index contributed by atoms with van der Waals surface area (Å²) >= 11 is 0. The zero-order valence-corrected chi connectivity index (χ0v) is 11.3. The van der Waals surface area contributed by atoms with Gasteiger partial charge < -0.3 is 9.64 Å². The third kappa shape index (κ3) is 2.77. The van der Waals surface area contributed by atoms with Gasteiger partial charge in [-0.15, -0.1) is 0 Å². The Morgan fingerprint density at radius 3 is 2.79 bits per heavy atom. The maximum Gasteiger partial charge on any atom is 0.229 e. The van der Waals surface area contributed by atoms with Crippen molar-refractivity contribution in [2.45, 2.75) is 31.3 Å². The van der Waals surface area contributed by atoms with Crippen molar-refractivity contribution >= 4 is 11.6 Å². The molecule has 0 aromatic heterocycles. The first kappa shape index (κ1) is 13.6. The molecular formula is C15H18N2O2. The van der Waals surface area contributed by atoms with Gasteiger partial charge in [-0.1, -0.05) is 6.07 Å². The molecule has 1 saturated carbocycles. The quantitative estimate of drug-likeness (QED) is 0.833. The Morgan fingerprint density at radius 2 is 2.26 bits per heavy atom. The molecule has 4 heteroatoms. The van der Waals surface area contributed by atoms with E-state index in [1.54, 1.807) is 37.3 Å². The average molecular weight is 258 g/mol. The SMILES string of the molecule is COC1(CC(=O)N(C)c2cccc(C#N)c2)CCC1. The second kappa shape index (κ2) is 5.41. The van der Waals surface area contributed by atoms with E-state index in [0.29, 0.717) is 12.0 Å². The second-order valence-corrected chi connectivity index (χ2v) is 5.03. The van der Waals surface area contributed by atoms with Crippen molar-refractivity contribution in [1.29, 1.82) is 5.26 Å². The Balaban J connectivity index is 2.08. The van der Waals surface area contributed by atoms with Gasteiger partial charge in [-0.3, -0.25) is 4.79 Å². The monoisotopic (exact) mass is 258 g/mol. The maximum absolute atomic E-state index is 12.3. The van der Waals surface area contributed by atoms with Gasteiger partial charge >= 0.3 is 0 Å². The number of benzene rings is 1. The van der Waals surface area contributed by atoms with Crippen LogP contribution in [0, 0.1) is 11.3 Å². The van der Waals surface area contributed by atoms with Gasteiger partial charge in [0.2, 0.25) is 5.91 Å². The summed E-state index contributed by atoms with van der Waals surface area (Å²) in [6, 6.07) is 9.14. The van der Waals surface area contributed by atoms with Crippen molar-refractivity contribution in [3.05, 3.63) is 29.8 Å². The van der Waals surface area contributed by atoms with E-state index in [9.17, 15) is 4.79 Å². The molecule has 0 unspecified atom stereocenters. The number of carbonyl (C=O) groups is 1. The Morgan fingerprint density at radius 1 is 1.53 bits per heavy atom. The van der Waals surface area contributed by atoms with Crippen LogP contribution in [-0.2, 0) is 9.53 Å². The fourth-order valence-electron chi connectivity index (χ4n) is 2.35. The smallest absolute Gasteiger partial charge is 0.229 e. The molecule has 1 aromatic carbocycles. The predicted octanol–water partition coefficient (Wildman–Crippen LogP) is 2.48. The minimum absolute atomic E-state index is 0.0247. The molecule has 19 heavy (non-hydrogen) atoms. The summed E-state index contributed by atoms with van der Waals surface area (Å²) in [4.78, 5) is 13.9. The first-order chi connectivity index (χ1) is 9.10. The Hall–Kier alpha value is -1.86. The number of carbonyl (C=O) groups excluding carboxylic acids is 1. The van der Waals surface area contributed by atoms with Gasteiger partial charge in [-0.25, -0.2) is 0 Å². The van der Waals surface area contributed by atoms with E-state index in [1.807, 2.05) is 6.07 Å². The fourth-order valence-corrected chi connectivity index (χ4v) is 2.35. The Kier molecular flexibility index (Phi) is 3.87. The van der Waals surface area contributed by atoms with Crippen LogP contribution in [0.4, 0.5) is 5.69 Å². The lowest BCUT2D eigenvalue weighted by atomic mass is 9.77. The normalized spacial score (nSPS) is 16.3. The summed E-state index contributed by atoms with van der Waals surface area (Å²) in [6.45, 7) is 0. The summed E-state index contributed by atoms with van der Waals surface area (Å²) in [5, 5.41) is 8.88. The second-order valence-electron chi connectivity index (χ2n) is 5.03. The minimum atomic E-state index is -0.266. The summed E-state index contributed by atoms with van der Waals surface area (Å²) in [5.41, 5.74) is 1.04. The first-order valence-corrected chi connectivity index (χ1v) is 6.42. The van der Waals surface area contributed by atoms with Crippen LogP contribution in [0.15, 0.2) is 24.3 Å². The van der Waals surface area contributed by atoms with Crippen LogP contribution >= 0.6 is 0 Å². The van der Waals surface area contributed by atoms with E-state index in [-0.39, 0.29) is 11.5 Å². The fraction of sp³-hybridized carbons (Fsp3) is 0.467. The number of ether oxygens (including phenoxy) is 1. The van der Waals surface area contributed by atoms with Crippen LogP contribution in [0.3, 0.4) is 0 Å². The molecule has 0 radical (unpaired) electrons. The Labute approximate surface area is 113 Å². The number of anilines is 1. The van der Waals surface area contributed by atoms with Crippen LogP contribution in [0.1, 0.15) is 31.2 Å². The highest BCUT2D eigenvalue weighted by atomic mass is 16.5. The van der Waals surface area contributed by atoms with Crippen LogP contribution < -0.4 is 4.90 Å². The van der Waals surface area contributed by atoms with E-state index >= 15 is 0 Å². The summed E-state index contributed by atoms with van der Waals surface area (Å²) in [7, 11) is 3.41. The molecule has 4 nitrogen and oxygen atoms in total. The van der Waals surface area contributed by atoms with Crippen molar-refractivity contribution in [1.82, 2.24) is 0 Å². The van der Waals surface area contributed by atoms with Crippen LogP contribution in [0.2, 0.25) is 0 Å². The molecular weight excluding hydrogens is 240 g/mol. The molecule has 0 heterocycles. The standard InChI is InChI=1S/C15H18N2O2/c1-17(13-6-3-5-12(9-13)11-16)14(18)10-15(19-2)7-4-8-15/h3,5-6,9H,4,7-8,10H2,1-2H3. The molecule has 1 fully saturated rings. The molecule has 1 aliphatic carbocycles. The van der Waals surface area contributed by atoms with Crippen molar-refractivity contribution in [2.75, 3.05) is 19.1 Å². The molecule has 0 spiro atoms. The lowest BCUT2D eigenvalue weighted by molar-refractivity contribution is -0.131. The highest BCUT2D eigenvalue weighted by Gasteiger charge is 2.39. The third-order valence-corrected chi connectivity index (χ3v) is 3.91. The van der Waals surface area contributed by atoms with Gasteiger partial charge in [0.05, 0.1) is 23.7 Å². The molecule has 1 amide bonds. The van der Waals surface area contributed by atoms with Crippen molar-refractivity contribution in [2.24, 2.45) is 0 Å². The third-order valence-electron chi connectivity index (χ3n) is 3.91. The van der Waals surface area contributed by atoms with Gasteiger partial charge in [0.1, 0.15) is 0 Å². The minimum Gasteiger partial charge on any atom is -0.378 e. The van der Waals surface area contributed by atoms with Gasteiger partial charge in [0.15, 0.2) is 0 Å². The molecule has 0 bridgehead atoms. The largest absolute Gasteiger partial charge is 0.378 e. The number of methoxy groups -OCH3 is 1. The summed E-state index contributed by atoms with van der Waals surface area (Å²) in [5.74, 6) is 0.0247. The van der Waals surface area contributed by atoms with Crippen LogP contribution in [0.5, 0.6) is 0 Å². The molecule has 2 rings (SSSR count). The molecule has 100 valence electrons. The molecule has 0 atom stereocenters. The van der Waals surface area contributed by atoms with Gasteiger partial charge in [-0.05, 0) is 37.5 Å².